The van der Waals surface area contributed by atoms with Crippen molar-refractivity contribution in [2.24, 2.45) is 0 Å². The molecule has 0 bridgehead atoms. The van der Waals surface area contributed by atoms with Crippen molar-refractivity contribution in [2.45, 2.75) is 13.1 Å². The summed E-state index contributed by atoms with van der Waals surface area (Å²) >= 11 is 0. The predicted molar refractivity (Wildman–Crippen MR) is 228 cm³/mol. The van der Waals surface area contributed by atoms with Crippen LogP contribution in [0.1, 0.15) is 0 Å². The van der Waals surface area contributed by atoms with E-state index in [1.165, 1.54) is 21.3 Å². The van der Waals surface area contributed by atoms with Crippen LogP contribution in [0.15, 0.2) is 170 Å². The second kappa shape index (κ2) is 13.7. The molecule has 4 heterocycles. The third-order valence-electron chi connectivity index (χ3n) is 11.2. The Balaban J connectivity index is 0.00000396. The Bertz CT molecular complexity index is 3090. The fourth-order valence-electron chi connectivity index (χ4n) is 8.59. The Kier molecular flexibility index (Phi) is 8.42. The fourth-order valence-corrected chi connectivity index (χ4v) is 11.5. The van der Waals surface area contributed by atoms with Crippen LogP contribution in [-0.2, 0) is 20.4 Å². The van der Waals surface area contributed by atoms with E-state index in [1.54, 1.807) is 0 Å². The number of rotatable bonds is 6. The number of benzene rings is 7. The molecule has 7 aromatic carbocycles. The van der Waals surface area contributed by atoms with Crippen molar-refractivity contribution in [3.8, 4) is 50.9 Å². The van der Waals surface area contributed by atoms with Gasteiger partial charge in [0.15, 0.2) is 0 Å². The van der Waals surface area contributed by atoms with Gasteiger partial charge in [0.2, 0.25) is 0 Å². The summed E-state index contributed by atoms with van der Waals surface area (Å²) in [6.45, 7) is 4.84. The molecule has 1 aliphatic rings. The van der Waals surface area contributed by atoms with Crippen molar-refractivity contribution in [1.29, 1.82) is 0 Å². The number of nitrogens with zero attached hydrogens (tertiary/aromatic N) is 4. The van der Waals surface area contributed by atoms with Crippen LogP contribution in [0.4, 0.5) is 0 Å². The first-order valence-corrected chi connectivity index (χ1v) is 21.9. The first-order valence-electron chi connectivity index (χ1n) is 18.9. The molecule has 276 valence electrons. The van der Waals surface area contributed by atoms with Crippen LogP contribution in [0, 0.1) is 18.5 Å². The van der Waals surface area contributed by atoms with Crippen molar-refractivity contribution < 1.29 is 29.7 Å². The molecule has 7 heteroatoms. The Labute approximate surface area is 345 Å². The molecule has 3 aromatic heterocycles. The van der Waals surface area contributed by atoms with E-state index in [2.05, 4.69) is 185 Å². The summed E-state index contributed by atoms with van der Waals surface area (Å²) in [6.07, 6.45) is 5.64. The molecule has 0 spiro atoms. The van der Waals surface area contributed by atoms with E-state index in [9.17, 15) is 0 Å². The van der Waals surface area contributed by atoms with E-state index in [1.807, 2.05) is 30.5 Å². The summed E-state index contributed by atoms with van der Waals surface area (Å²) in [5.74, 6) is 2.21. The molecule has 10 aromatic rings. The number of aromatic nitrogens is 4. The Hall–Kier alpha value is -6.36. The average Bonchev–Trinajstić information content (AvgIpc) is 3.80. The van der Waals surface area contributed by atoms with E-state index in [0.717, 1.165) is 61.4 Å². The molecule has 57 heavy (non-hydrogen) atoms. The first kappa shape index (κ1) is 35.1. The molecule has 5 nitrogen and oxygen atoms in total. The standard InChI is InChI=1S/C50H34N4OSi.Pd/c1-56(2)46-26-13-23-42-41-29-28-38(32-45(41)54(49(42)46)50-47(56)27-14-30-51-50)55-37-20-11-19-36(31-37)52-33-53(44-25-10-9-24-43(44)52)48-39(34-15-5-3-6-16-34)21-12-22-40(48)35-17-7-4-8-18-35;/h3-30H,1-2H3;/q-2;. The van der Waals surface area contributed by atoms with Crippen molar-refractivity contribution in [3.05, 3.63) is 188 Å². The molecule has 0 fully saturated rings. The van der Waals surface area contributed by atoms with Gasteiger partial charge in [0, 0.05) is 43.6 Å². The number of fused-ring (bicyclic) bond motifs is 6. The van der Waals surface area contributed by atoms with Gasteiger partial charge in [-0.05, 0) is 49.8 Å². The van der Waals surface area contributed by atoms with Gasteiger partial charge < -0.3 is 13.9 Å². The maximum Gasteiger partial charge on any atom is 0.268 e. The van der Waals surface area contributed by atoms with Gasteiger partial charge in [0.1, 0.15) is 13.9 Å². The zero-order valence-corrected chi connectivity index (χ0v) is 33.7. The molecule has 0 atom stereocenters. The van der Waals surface area contributed by atoms with E-state index in [-0.39, 0.29) is 20.4 Å². The van der Waals surface area contributed by atoms with E-state index in [4.69, 9.17) is 9.72 Å². The van der Waals surface area contributed by atoms with Crippen LogP contribution in [-0.4, -0.2) is 22.2 Å². The van der Waals surface area contributed by atoms with Gasteiger partial charge in [-0.25, -0.2) is 4.98 Å². The first-order chi connectivity index (χ1) is 27.5. The number of ether oxygens (including phenoxy) is 1. The van der Waals surface area contributed by atoms with Crippen molar-refractivity contribution in [3.63, 3.8) is 0 Å². The largest absolute Gasteiger partial charge is 0.510 e. The SMILES string of the molecule is C[Si]1(C)c2cccnc2-n2c3[c-]c(Oc4[c-]c(-n5[c-][n+](-c6c(-c7ccccc7)cccc6-c6ccccc6)c6ccccc65)ccc4)ccc3c3cccc1c32.[Pd]. The van der Waals surface area contributed by atoms with Crippen LogP contribution in [0.5, 0.6) is 11.5 Å². The minimum Gasteiger partial charge on any atom is -0.510 e. The minimum absolute atomic E-state index is 0. The molecule has 0 saturated carbocycles. The fraction of sp³-hybridized carbons (Fsp3) is 0.0400. The molecule has 0 N–H and O–H groups in total. The van der Waals surface area contributed by atoms with E-state index < -0.39 is 8.07 Å². The summed E-state index contributed by atoms with van der Waals surface area (Å²) in [7, 11) is -1.96. The third-order valence-corrected chi connectivity index (χ3v) is 14.7. The molecule has 0 aliphatic carbocycles. The van der Waals surface area contributed by atoms with Crippen molar-refractivity contribution >= 4 is 51.3 Å². The zero-order chi connectivity index (χ0) is 37.4. The Morgan fingerprint density at radius 3 is 2.04 bits per heavy atom. The van der Waals surface area contributed by atoms with Crippen LogP contribution in [0.25, 0.3) is 72.3 Å². The van der Waals surface area contributed by atoms with Crippen LogP contribution in [0.3, 0.4) is 0 Å². The molecular formula is C50H34N4OPdSi-2. The monoisotopic (exact) mass is 840 g/mol. The summed E-state index contributed by atoms with van der Waals surface area (Å²) in [4.78, 5) is 4.94. The normalized spacial score (nSPS) is 12.7. The van der Waals surface area contributed by atoms with Crippen LogP contribution in [0.2, 0.25) is 13.1 Å². The molecule has 0 saturated heterocycles. The summed E-state index contributed by atoms with van der Waals surface area (Å²) in [5, 5.41) is 5.10. The smallest absolute Gasteiger partial charge is 0.268 e. The van der Waals surface area contributed by atoms with Gasteiger partial charge in [0.25, 0.3) is 6.33 Å². The van der Waals surface area contributed by atoms with Gasteiger partial charge in [-0.2, -0.15) is 18.2 Å². The maximum absolute atomic E-state index is 6.61. The van der Waals surface area contributed by atoms with Crippen molar-refractivity contribution in [2.75, 3.05) is 0 Å². The number of imidazole rings is 1. The maximum atomic E-state index is 6.61. The van der Waals surface area contributed by atoms with Crippen LogP contribution < -0.4 is 19.7 Å². The molecule has 0 amide bonds. The minimum atomic E-state index is -1.96. The zero-order valence-electron chi connectivity index (χ0n) is 31.2. The second-order valence-electron chi connectivity index (χ2n) is 14.8. The molecule has 0 unspecified atom stereocenters. The molecule has 0 radical (unpaired) electrons. The summed E-state index contributed by atoms with van der Waals surface area (Å²) in [5.41, 5.74) is 10.6. The van der Waals surface area contributed by atoms with Gasteiger partial charge in [-0.3, -0.25) is 4.57 Å². The van der Waals surface area contributed by atoms with Crippen molar-refractivity contribution in [1.82, 2.24) is 14.1 Å². The van der Waals surface area contributed by atoms with E-state index >= 15 is 0 Å². The van der Waals surface area contributed by atoms with E-state index in [0.29, 0.717) is 11.5 Å². The van der Waals surface area contributed by atoms with Gasteiger partial charge in [0.05, 0.1) is 16.7 Å². The number of hydrogen-bond donors (Lipinski definition) is 0. The molecular weight excluding hydrogens is 807 g/mol. The second-order valence-corrected chi connectivity index (χ2v) is 19.1. The topological polar surface area (TPSA) is 35.9 Å². The third kappa shape index (κ3) is 5.54. The number of pyridine rings is 1. The molecule has 1 aliphatic heterocycles. The quantitative estimate of drug-likeness (QED) is 0.0950. The summed E-state index contributed by atoms with van der Waals surface area (Å²) < 4.78 is 13.2. The Morgan fingerprint density at radius 2 is 1.26 bits per heavy atom. The Morgan fingerprint density at radius 1 is 0.596 bits per heavy atom. The summed E-state index contributed by atoms with van der Waals surface area (Å²) in [6, 6.07) is 64.5. The molecule has 11 rings (SSSR count). The average molecular weight is 841 g/mol. The number of para-hydroxylation sites is 4. The van der Waals surface area contributed by atoms with Crippen LogP contribution >= 0.6 is 0 Å². The predicted octanol–water partition coefficient (Wildman–Crippen LogP) is 10.1. The number of hydrogen-bond acceptors (Lipinski definition) is 2. The van der Waals surface area contributed by atoms with Gasteiger partial charge in [-0.1, -0.05) is 146 Å². The van der Waals surface area contributed by atoms with Gasteiger partial charge >= 0.3 is 0 Å². The van der Waals surface area contributed by atoms with Gasteiger partial charge in [-0.15, -0.1) is 29.7 Å².